The van der Waals surface area contributed by atoms with Crippen molar-refractivity contribution in [3.8, 4) is 0 Å². The molecule has 2 bridgehead atoms. The summed E-state index contributed by atoms with van der Waals surface area (Å²) >= 11 is 0. The molecule has 0 aromatic heterocycles. The van der Waals surface area contributed by atoms with E-state index in [1.54, 1.807) is 0 Å². The zero-order chi connectivity index (χ0) is 17.2. The summed E-state index contributed by atoms with van der Waals surface area (Å²) in [5.74, 6) is 0.251. The van der Waals surface area contributed by atoms with Crippen LogP contribution >= 0.6 is 0 Å². The Balaban J connectivity index is 1.56. The number of carbonyl (C=O) groups is 1. The summed E-state index contributed by atoms with van der Waals surface area (Å²) in [7, 11) is -3.50. The number of amides is 1. The fourth-order valence-corrected chi connectivity index (χ4v) is 8.17. The Morgan fingerprint density at radius 1 is 1.25 bits per heavy atom. The van der Waals surface area contributed by atoms with E-state index in [2.05, 4.69) is 13.8 Å². The molecule has 24 heavy (non-hydrogen) atoms. The van der Waals surface area contributed by atoms with E-state index in [-0.39, 0.29) is 28.4 Å². The molecule has 4 nitrogen and oxygen atoms in total. The van der Waals surface area contributed by atoms with Gasteiger partial charge in [0.1, 0.15) is 0 Å². The Morgan fingerprint density at radius 2 is 1.96 bits per heavy atom. The Kier molecular flexibility index (Phi) is 3.41. The van der Waals surface area contributed by atoms with Crippen molar-refractivity contribution < 1.29 is 13.2 Å². The number of benzene rings is 1. The van der Waals surface area contributed by atoms with Gasteiger partial charge in [0.25, 0.3) is 0 Å². The maximum atomic E-state index is 13.0. The zero-order valence-electron chi connectivity index (χ0n) is 14.4. The second-order valence-corrected chi connectivity index (χ2v) is 10.3. The van der Waals surface area contributed by atoms with E-state index in [0.717, 1.165) is 24.8 Å². The molecule has 0 N–H and O–H groups in total. The lowest BCUT2D eigenvalue weighted by atomic mass is 9.69. The van der Waals surface area contributed by atoms with Crippen molar-refractivity contribution in [3.05, 3.63) is 35.9 Å². The summed E-state index contributed by atoms with van der Waals surface area (Å²) in [5, 5.41) is -0.348. The molecule has 1 saturated heterocycles. The van der Waals surface area contributed by atoms with Crippen LogP contribution in [0.5, 0.6) is 0 Å². The van der Waals surface area contributed by atoms with Crippen LogP contribution in [0.1, 0.15) is 45.1 Å². The molecule has 3 fully saturated rings. The SMILES string of the molecule is CC1(C)C2CC[C@@]13CN(C(=O)CCc1ccccc1)S(=O)(=O)C3C2. The molecule has 1 aromatic rings. The van der Waals surface area contributed by atoms with Gasteiger partial charge in [0.15, 0.2) is 0 Å². The number of carbonyl (C=O) groups excluding carboxylic acids is 1. The third-order valence-corrected chi connectivity index (χ3v) is 9.51. The van der Waals surface area contributed by atoms with E-state index >= 15 is 0 Å². The molecule has 1 spiro atoms. The van der Waals surface area contributed by atoms with Crippen LogP contribution in [-0.4, -0.2) is 30.4 Å². The average Bonchev–Trinajstić information content (AvgIpc) is 3.05. The topological polar surface area (TPSA) is 54.5 Å². The van der Waals surface area contributed by atoms with Gasteiger partial charge in [-0.25, -0.2) is 12.7 Å². The van der Waals surface area contributed by atoms with Gasteiger partial charge < -0.3 is 0 Å². The van der Waals surface area contributed by atoms with Gasteiger partial charge in [-0.2, -0.15) is 0 Å². The second kappa shape index (κ2) is 5.07. The number of sulfonamides is 1. The maximum absolute atomic E-state index is 13.0. The van der Waals surface area contributed by atoms with E-state index in [9.17, 15) is 13.2 Å². The lowest BCUT2D eigenvalue weighted by Crippen LogP contribution is -2.39. The fourth-order valence-electron chi connectivity index (χ4n) is 5.54. The molecular weight excluding hydrogens is 322 g/mol. The van der Waals surface area contributed by atoms with Crippen LogP contribution in [0, 0.1) is 16.7 Å². The van der Waals surface area contributed by atoms with Crippen LogP contribution in [-0.2, 0) is 21.2 Å². The van der Waals surface area contributed by atoms with Gasteiger partial charge in [-0.05, 0) is 42.6 Å². The summed E-state index contributed by atoms with van der Waals surface area (Å²) in [6, 6.07) is 9.77. The fraction of sp³-hybridized carbons (Fsp3) is 0.632. The number of fused-ring (bicyclic) bond motifs is 1. The largest absolute Gasteiger partial charge is 0.274 e. The Labute approximate surface area is 144 Å². The van der Waals surface area contributed by atoms with Gasteiger partial charge in [0.05, 0.1) is 5.25 Å². The van der Waals surface area contributed by atoms with Crippen LogP contribution in [0.15, 0.2) is 30.3 Å². The predicted octanol–water partition coefficient (Wildman–Crippen LogP) is 2.99. The second-order valence-electron chi connectivity index (χ2n) is 8.27. The Morgan fingerprint density at radius 3 is 2.58 bits per heavy atom. The van der Waals surface area contributed by atoms with Crippen molar-refractivity contribution in [1.82, 2.24) is 4.31 Å². The monoisotopic (exact) mass is 347 g/mol. The van der Waals surface area contributed by atoms with Crippen molar-refractivity contribution in [3.63, 3.8) is 0 Å². The molecule has 0 radical (unpaired) electrons. The predicted molar refractivity (Wildman–Crippen MR) is 92.7 cm³/mol. The summed E-state index contributed by atoms with van der Waals surface area (Å²) in [6.45, 7) is 4.81. The zero-order valence-corrected chi connectivity index (χ0v) is 15.2. The molecule has 2 unspecified atom stereocenters. The molecule has 2 saturated carbocycles. The molecule has 1 heterocycles. The number of aryl methyl sites for hydroxylation is 1. The molecule has 2 aliphatic carbocycles. The molecule has 1 amide bonds. The quantitative estimate of drug-likeness (QED) is 0.845. The van der Waals surface area contributed by atoms with Crippen molar-refractivity contribution in [2.75, 3.05) is 6.54 Å². The summed E-state index contributed by atoms with van der Waals surface area (Å²) in [5.41, 5.74) is 0.861. The number of rotatable bonds is 3. The van der Waals surface area contributed by atoms with Gasteiger partial charge in [0, 0.05) is 18.4 Å². The normalized spacial score (nSPS) is 35.2. The van der Waals surface area contributed by atoms with E-state index in [0.29, 0.717) is 18.9 Å². The lowest BCUT2D eigenvalue weighted by Gasteiger charge is -2.36. The third kappa shape index (κ3) is 1.97. The van der Waals surface area contributed by atoms with Crippen LogP contribution < -0.4 is 0 Å². The van der Waals surface area contributed by atoms with Crippen LogP contribution in [0.4, 0.5) is 0 Å². The van der Waals surface area contributed by atoms with Gasteiger partial charge in [-0.3, -0.25) is 4.79 Å². The molecule has 3 aliphatic rings. The number of hydrogen-bond donors (Lipinski definition) is 0. The average molecular weight is 347 g/mol. The number of hydrogen-bond acceptors (Lipinski definition) is 3. The van der Waals surface area contributed by atoms with Crippen molar-refractivity contribution in [2.24, 2.45) is 16.7 Å². The van der Waals surface area contributed by atoms with Crippen LogP contribution in [0.3, 0.4) is 0 Å². The maximum Gasteiger partial charge on any atom is 0.240 e. The van der Waals surface area contributed by atoms with Gasteiger partial charge in [0.2, 0.25) is 15.9 Å². The molecule has 130 valence electrons. The first kappa shape index (κ1) is 16.1. The Hall–Kier alpha value is -1.36. The molecule has 1 aliphatic heterocycles. The van der Waals surface area contributed by atoms with Crippen LogP contribution in [0.25, 0.3) is 0 Å². The van der Waals surface area contributed by atoms with Crippen molar-refractivity contribution in [1.29, 1.82) is 0 Å². The van der Waals surface area contributed by atoms with Crippen molar-refractivity contribution >= 4 is 15.9 Å². The highest BCUT2D eigenvalue weighted by molar-refractivity contribution is 7.90. The first-order valence-electron chi connectivity index (χ1n) is 8.87. The smallest absolute Gasteiger partial charge is 0.240 e. The van der Waals surface area contributed by atoms with Gasteiger partial charge in [-0.15, -0.1) is 0 Å². The van der Waals surface area contributed by atoms with Gasteiger partial charge >= 0.3 is 0 Å². The highest BCUT2D eigenvalue weighted by Crippen LogP contribution is 2.70. The molecular formula is C19H25NO3S. The minimum Gasteiger partial charge on any atom is -0.274 e. The van der Waals surface area contributed by atoms with E-state index in [1.165, 1.54) is 4.31 Å². The highest BCUT2D eigenvalue weighted by Gasteiger charge is 2.72. The standard InChI is InChI=1S/C19H25NO3S/c1-18(2)15-10-11-19(18)13-20(24(22,23)16(19)12-15)17(21)9-8-14-6-4-3-5-7-14/h3-7,15-16H,8-13H2,1-2H3/t15?,16?,19-/m0/s1. The lowest BCUT2D eigenvalue weighted by molar-refractivity contribution is -0.127. The molecule has 1 aromatic carbocycles. The Bertz CT molecular complexity index is 771. The first-order chi connectivity index (χ1) is 11.3. The van der Waals surface area contributed by atoms with E-state index in [1.807, 2.05) is 30.3 Å². The minimum atomic E-state index is -3.50. The van der Waals surface area contributed by atoms with E-state index in [4.69, 9.17) is 0 Å². The van der Waals surface area contributed by atoms with E-state index < -0.39 is 10.0 Å². The van der Waals surface area contributed by atoms with Crippen molar-refractivity contribution in [2.45, 2.75) is 51.2 Å². The molecule has 3 atom stereocenters. The first-order valence-corrected chi connectivity index (χ1v) is 10.4. The van der Waals surface area contributed by atoms with Gasteiger partial charge in [-0.1, -0.05) is 44.2 Å². The minimum absolute atomic E-state index is 0.0131. The van der Waals surface area contributed by atoms with Crippen LogP contribution in [0.2, 0.25) is 0 Å². The molecule has 5 heteroatoms. The summed E-state index contributed by atoms with van der Waals surface area (Å²) in [6.07, 6.45) is 3.63. The molecule has 4 rings (SSSR count). The third-order valence-electron chi connectivity index (χ3n) is 7.20. The highest BCUT2D eigenvalue weighted by atomic mass is 32.2. The summed E-state index contributed by atoms with van der Waals surface area (Å²) < 4.78 is 27.2. The number of nitrogens with zero attached hydrogens (tertiary/aromatic N) is 1. The summed E-state index contributed by atoms with van der Waals surface area (Å²) in [4.78, 5) is 12.7.